The number of fused-ring (bicyclic) bond motifs is 3. The highest BCUT2D eigenvalue weighted by Crippen LogP contribution is 2.51. The number of halogens is 3. The molecular formula is C11H6Cl3N. The molecule has 0 unspecified atom stereocenters. The Bertz CT molecular complexity index is 563. The molecule has 0 spiro atoms. The minimum atomic E-state index is -0.799. The summed E-state index contributed by atoms with van der Waals surface area (Å²) in [5.74, 6) is 0. The molecule has 2 aromatic rings. The lowest BCUT2D eigenvalue weighted by Gasteiger charge is -2.33. The lowest BCUT2D eigenvalue weighted by molar-refractivity contribution is 0.705. The molecule has 1 aliphatic rings. The van der Waals surface area contributed by atoms with E-state index in [0.29, 0.717) is 11.6 Å². The van der Waals surface area contributed by atoms with Gasteiger partial charge in [-0.05, 0) is 5.39 Å². The maximum atomic E-state index is 6.15. The summed E-state index contributed by atoms with van der Waals surface area (Å²) in [6, 6.07) is 7.76. The van der Waals surface area contributed by atoms with Crippen LogP contribution in [0.15, 0.2) is 24.3 Å². The highest BCUT2D eigenvalue weighted by atomic mass is 35.5. The monoisotopic (exact) mass is 257 g/mol. The predicted octanol–water partition coefficient (Wildman–Crippen LogP) is 4.07. The van der Waals surface area contributed by atoms with Crippen LogP contribution in [0.3, 0.4) is 0 Å². The van der Waals surface area contributed by atoms with Crippen molar-refractivity contribution in [3.05, 3.63) is 40.7 Å². The summed E-state index contributed by atoms with van der Waals surface area (Å²) in [5.41, 5.74) is 1.81. The van der Waals surface area contributed by atoms with Gasteiger partial charge < -0.3 is 0 Å². The average Bonchev–Trinajstić information content (AvgIpc) is 2.16. The van der Waals surface area contributed by atoms with Crippen molar-refractivity contribution in [3.8, 4) is 0 Å². The van der Waals surface area contributed by atoms with E-state index in [1.165, 1.54) is 0 Å². The molecule has 1 nitrogen and oxygen atoms in total. The maximum absolute atomic E-state index is 6.15. The molecule has 1 heterocycles. The van der Waals surface area contributed by atoms with Crippen molar-refractivity contribution in [1.29, 1.82) is 0 Å². The summed E-state index contributed by atoms with van der Waals surface area (Å²) in [6.07, 6.45) is 0.565. The molecule has 0 N–H and O–H groups in total. The first-order valence-corrected chi connectivity index (χ1v) is 5.68. The van der Waals surface area contributed by atoms with Gasteiger partial charge >= 0.3 is 0 Å². The van der Waals surface area contributed by atoms with Gasteiger partial charge in [-0.15, -0.1) is 0 Å². The fraction of sp³-hybridized carbons (Fsp3) is 0.182. The second-order valence-electron chi connectivity index (χ2n) is 3.65. The van der Waals surface area contributed by atoms with Gasteiger partial charge in [0.05, 0.1) is 5.69 Å². The van der Waals surface area contributed by atoms with Gasteiger partial charge in [0.15, 0.2) is 4.33 Å². The SMILES string of the molecule is Clc1nc2c(c3ccccc13)C(Cl)(Cl)C2. The highest BCUT2D eigenvalue weighted by molar-refractivity contribution is 6.50. The summed E-state index contributed by atoms with van der Waals surface area (Å²) < 4.78 is -0.799. The average molecular weight is 259 g/mol. The van der Waals surface area contributed by atoms with Crippen molar-refractivity contribution < 1.29 is 0 Å². The van der Waals surface area contributed by atoms with E-state index in [2.05, 4.69) is 4.98 Å². The summed E-state index contributed by atoms with van der Waals surface area (Å²) in [7, 11) is 0. The van der Waals surface area contributed by atoms with Gasteiger partial charge in [-0.1, -0.05) is 59.1 Å². The van der Waals surface area contributed by atoms with Gasteiger partial charge in [0.1, 0.15) is 5.15 Å². The topological polar surface area (TPSA) is 12.9 Å². The molecule has 0 amide bonds. The molecule has 1 aromatic carbocycles. The van der Waals surface area contributed by atoms with E-state index in [1.807, 2.05) is 24.3 Å². The van der Waals surface area contributed by atoms with E-state index < -0.39 is 4.33 Å². The first-order chi connectivity index (χ1) is 7.09. The Morgan fingerprint density at radius 2 is 1.80 bits per heavy atom. The molecule has 0 fully saturated rings. The quantitative estimate of drug-likeness (QED) is 0.513. The number of benzene rings is 1. The molecule has 15 heavy (non-hydrogen) atoms. The number of nitrogens with zero attached hydrogens (tertiary/aromatic N) is 1. The molecule has 1 aliphatic carbocycles. The molecule has 0 saturated carbocycles. The Labute approximate surface area is 102 Å². The lowest BCUT2D eigenvalue weighted by Crippen LogP contribution is -2.29. The molecule has 0 saturated heterocycles. The van der Waals surface area contributed by atoms with Crippen LogP contribution in [0.2, 0.25) is 5.15 Å². The van der Waals surface area contributed by atoms with Crippen molar-refractivity contribution >= 4 is 45.6 Å². The zero-order valence-corrected chi connectivity index (χ0v) is 9.87. The van der Waals surface area contributed by atoms with Crippen LogP contribution in [0.1, 0.15) is 11.3 Å². The molecule has 3 rings (SSSR count). The van der Waals surface area contributed by atoms with E-state index in [-0.39, 0.29) is 0 Å². The van der Waals surface area contributed by atoms with Gasteiger partial charge in [0.2, 0.25) is 0 Å². The van der Waals surface area contributed by atoms with E-state index >= 15 is 0 Å². The molecule has 0 bridgehead atoms. The van der Waals surface area contributed by atoms with Crippen molar-refractivity contribution in [2.24, 2.45) is 0 Å². The second kappa shape index (κ2) is 3.00. The summed E-state index contributed by atoms with van der Waals surface area (Å²) in [6.45, 7) is 0. The third kappa shape index (κ3) is 1.27. The third-order valence-electron chi connectivity index (χ3n) is 2.70. The first-order valence-electron chi connectivity index (χ1n) is 4.55. The van der Waals surface area contributed by atoms with Crippen LogP contribution in [0.25, 0.3) is 10.8 Å². The van der Waals surface area contributed by atoms with Crippen LogP contribution in [0.4, 0.5) is 0 Å². The third-order valence-corrected chi connectivity index (χ3v) is 3.63. The summed E-state index contributed by atoms with van der Waals surface area (Å²) in [5, 5.41) is 2.43. The van der Waals surface area contributed by atoms with E-state index in [0.717, 1.165) is 22.0 Å². The predicted molar refractivity (Wildman–Crippen MR) is 63.8 cm³/mol. The molecule has 4 heteroatoms. The number of aromatic nitrogens is 1. The summed E-state index contributed by atoms with van der Waals surface area (Å²) in [4.78, 5) is 4.28. The van der Waals surface area contributed by atoms with Crippen LogP contribution in [0.5, 0.6) is 0 Å². The zero-order chi connectivity index (χ0) is 10.6. The lowest BCUT2D eigenvalue weighted by atomic mass is 9.88. The Morgan fingerprint density at radius 3 is 2.47 bits per heavy atom. The highest BCUT2D eigenvalue weighted by Gasteiger charge is 2.42. The van der Waals surface area contributed by atoms with Gasteiger partial charge in [0.25, 0.3) is 0 Å². The normalized spacial score (nSPS) is 17.3. The molecule has 0 atom stereocenters. The van der Waals surface area contributed by atoms with E-state index in [9.17, 15) is 0 Å². The Kier molecular flexibility index (Phi) is 1.94. The Balaban J connectivity index is 2.46. The molecule has 0 aliphatic heterocycles. The maximum Gasteiger partial charge on any atom is 0.151 e. The van der Waals surface area contributed by atoms with Crippen molar-refractivity contribution in [1.82, 2.24) is 4.98 Å². The van der Waals surface area contributed by atoms with Crippen molar-refractivity contribution in [3.63, 3.8) is 0 Å². The molecule has 1 aromatic heterocycles. The van der Waals surface area contributed by atoms with Gasteiger partial charge in [0, 0.05) is 17.4 Å². The van der Waals surface area contributed by atoms with Crippen LogP contribution in [0, 0.1) is 0 Å². The van der Waals surface area contributed by atoms with Crippen LogP contribution in [-0.4, -0.2) is 4.98 Å². The number of hydrogen-bond acceptors (Lipinski definition) is 1. The van der Waals surface area contributed by atoms with Crippen LogP contribution >= 0.6 is 34.8 Å². The number of alkyl halides is 2. The van der Waals surface area contributed by atoms with Crippen molar-refractivity contribution in [2.75, 3.05) is 0 Å². The van der Waals surface area contributed by atoms with Crippen LogP contribution < -0.4 is 0 Å². The minimum Gasteiger partial charge on any atom is -0.240 e. The fourth-order valence-corrected chi connectivity index (χ4v) is 2.94. The molecule has 76 valence electrons. The zero-order valence-electron chi connectivity index (χ0n) is 7.60. The van der Waals surface area contributed by atoms with E-state index in [1.54, 1.807) is 0 Å². The molecule has 0 radical (unpaired) electrons. The van der Waals surface area contributed by atoms with Gasteiger partial charge in [-0.25, -0.2) is 4.98 Å². The standard InChI is InChI=1S/C11H6Cl3N/c12-10-7-4-2-1-3-6(7)9-8(15-10)5-11(9,13)14/h1-4H,5H2. The van der Waals surface area contributed by atoms with Crippen molar-refractivity contribution in [2.45, 2.75) is 10.8 Å². The van der Waals surface area contributed by atoms with Gasteiger partial charge in [-0.2, -0.15) is 0 Å². The van der Waals surface area contributed by atoms with E-state index in [4.69, 9.17) is 34.8 Å². The smallest absolute Gasteiger partial charge is 0.151 e. The second-order valence-corrected chi connectivity index (χ2v) is 5.49. The number of pyridine rings is 1. The minimum absolute atomic E-state index is 0.521. The largest absolute Gasteiger partial charge is 0.240 e. The number of rotatable bonds is 0. The Hall–Kier alpha value is -0.500. The summed E-state index contributed by atoms with van der Waals surface area (Å²) >= 11 is 18.4. The van der Waals surface area contributed by atoms with Crippen LogP contribution in [-0.2, 0) is 10.8 Å². The first kappa shape index (κ1) is 9.71. The Morgan fingerprint density at radius 1 is 1.13 bits per heavy atom. The van der Waals surface area contributed by atoms with Gasteiger partial charge in [-0.3, -0.25) is 0 Å². The molecular weight excluding hydrogens is 252 g/mol. The fourth-order valence-electron chi connectivity index (χ4n) is 2.00. The number of hydrogen-bond donors (Lipinski definition) is 0.